The van der Waals surface area contributed by atoms with Crippen LogP contribution in [0.5, 0.6) is 5.88 Å². The van der Waals surface area contributed by atoms with Crippen molar-refractivity contribution in [3.63, 3.8) is 0 Å². The van der Waals surface area contributed by atoms with Gasteiger partial charge in [0.25, 0.3) is 0 Å². The van der Waals surface area contributed by atoms with E-state index in [1.165, 1.54) is 4.90 Å². The van der Waals surface area contributed by atoms with Crippen LogP contribution in [-0.2, 0) is 6.18 Å². The highest BCUT2D eigenvalue weighted by Crippen LogP contribution is 2.36. The van der Waals surface area contributed by atoms with E-state index >= 15 is 0 Å². The number of halogens is 4. The van der Waals surface area contributed by atoms with E-state index < -0.39 is 23.7 Å². The number of alkyl halides is 3. The second-order valence-electron chi connectivity index (χ2n) is 5.26. The highest BCUT2D eigenvalue weighted by Gasteiger charge is 2.37. The lowest BCUT2D eigenvalue weighted by molar-refractivity contribution is -0.139. The van der Waals surface area contributed by atoms with Crippen molar-refractivity contribution in [2.24, 2.45) is 0 Å². The maximum absolute atomic E-state index is 13.1. The topological polar surface area (TPSA) is 38.2 Å². The third-order valence-corrected chi connectivity index (χ3v) is 3.66. The summed E-state index contributed by atoms with van der Waals surface area (Å²) >= 11 is 5.94. The van der Waals surface area contributed by atoms with Gasteiger partial charge in [0.2, 0.25) is 11.8 Å². The Balaban J connectivity index is 2.43. The van der Waals surface area contributed by atoms with Gasteiger partial charge < -0.3 is 9.64 Å². The quantitative estimate of drug-likeness (QED) is 0.745. The van der Waals surface area contributed by atoms with Crippen LogP contribution < -0.4 is 9.64 Å². The smallest absolute Gasteiger partial charge is 0.423 e. The Bertz CT molecular complexity index is 709. The molecule has 0 aliphatic rings. The van der Waals surface area contributed by atoms with Gasteiger partial charge >= 0.3 is 6.18 Å². The maximum atomic E-state index is 13.1. The summed E-state index contributed by atoms with van der Waals surface area (Å²) in [6.07, 6.45) is -3.69. The average molecular weight is 360 g/mol. The molecule has 1 aromatic heterocycles. The van der Waals surface area contributed by atoms with E-state index in [0.717, 1.165) is 6.20 Å². The zero-order valence-electron chi connectivity index (χ0n) is 13.4. The van der Waals surface area contributed by atoms with Crippen LogP contribution in [0.3, 0.4) is 0 Å². The fraction of sp³-hybridized carbons (Fsp3) is 0.375. The molecule has 4 nitrogen and oxygen atoms in total. The molecule has 1 unspecified atom stereocenters. The summed E-state index contributed by atoms with van der Waals surface area (Å²) in [6, 6.07) is 6.85. The van der Waals surface area contributed by atoms with Gasteiger partial charge in [0.1, 0.15) is 5.56 Å². The van der Waals surface area contributed by atoms with Gasteiger partial charge in [-0.05, 0) is 31.5 Å². The number of rotatable bonds is 5. The minimum Gasteiger partial charge on any atom is -0.474 e. The predicted molar refractivity (Wildman–Crippen MR) is 86.9 cm³/mol. The Labute approximate surface area is 143 Å². The Morgan fingerprint density at radius 1 is 1.33 bits per heavy atom. The predicted octanol–water partition coefficient (Wildman–Crippen LogP) is 5.09. The molecular formula is C16H17ClF3N3O. The Morgan fingerprint density at radius 2 is 2.04 bits per heavy atom. The molecule has 0 fully saturated rings. The molecule has 1 heterocycles. The Morgan fingerprint density at radius 3 is 2.62 bits per heavy atom. The summed E-state index contributed by atoms with van der Waals surface area (Å²) in [5.74, 6) is -0.390. The van der Waals surface area contributed by atoms with E-state index in [4.69, 9.17) is 16.3 Å². The normalized spacial score (nSPS) is 12.8. The monoisotopic (exact) mass is 359 g/mol. The summed E-state index contributed by atoms with van der Waals surface area (Å²) < 4.78 is 44.7. The molecule has 0 radical (unpaired) electrons. The van der Waals surface area contributed by atoms with E-state index in [0.29, 0.717) is 17.1 Å². The van der Waals surface area contributed by atoms with Crippen molar-refractivity contribution >= 4 is 23.2 Å². The van der Waals surface area contributed by atoms with Crippen LogP contribution in [0.15, 0.2) is 30.5 Å². The molecule has 0 saturated heterocycles. The first-order valence-corrected chi connectivity index (χ1v) is 7.70. The van der Waals surface area contributed by atoms with Gasteiger partial charge in [-0.15, -0.1) is 0 Å². The van der Waals surface area contributed by atoms with Crippen LogP contribution in [0.2, 0.25) is 5.02 Å². The first-order valence-electron chi connectivity index (χ1n) is 7.32. The lowest BCUT2D eigenvalue weighted by Gasteiger charge is -2.21. The molecule has 24 heavy (non-hydrogen) atoms. The van der Waals surface area contributed by atoms with Gasteiger partial charge in [0.15, 0.2) is 0 Å². The van der Waals surface area contributed by atoms with Crippen LogP contribution in [0, 0.1) is 0 Å². The van der Waals surface area contributed by atoms with Crippen LogP contribution in [0.25, 0.3) is 0 Å². The summed E-state index contributed by atoms with van der Waals surface area (Å²) in [5, 5.41) is 0.502. The summed E-state index contributed by atoms with van der Waals surface area (Å²) in [5.41, 5.74) is -0.345. The van der Waals surface area contributed by atoms with Crippen molar-refractivity contribution in [3.8, 4) is 5.88 Å². The minimum absolute atomic E-state index is 0.0866. The van der Waals surface area contributed by atoms with E-state index in [2.05, 4.69) is 9.97 Å². The summed E-state index contributed by atoms with van der Waals surface area (Å²) in [4.78, 5) is 9.32. The molecular weight excluding hydrogens is 343 g/mol. The van der Waals surface area contributed by atoms with Crippen molar-refractivity contribution in [1.82, 2.24) is 9.97 Å². The van der Waals surface area contributed by atoms with Gasteiger partial charge in [-0.25, -0.2) is 4.98 Å². The molecule has 0 aliphatic heterocycles. The number of hydrogen-bond acceptors (Lipinski definition) is 4. The van der Waals surface area contributed by atoms with Crippen molar-refractivity contribution in [2.75, 3.05) is 11.9 Å². The van der Waals surface area contributed by atoms with Gasteiger partial charge in [0, 0.05) is 24.0 Å². The fourth-order valence-electron chi connectivity index (χ4n) is 1.88. The molecule has 0 spiro atoms. The average Bonchev–Trinajstić information content (AvgIpc) is 2.52. The molecule has 8 heteroatoms. The van der Waals surface area contributed by atoms with E-state index in [-0.39, 0.29) is 5.95 Å². The van der Waals surface area contributed by atoms with Gasteiger partial charge in [-0.2, -0.15) is 18.2 Å². The van der Waals surface area contributed by atoms with Gasteiger partial charge in [0.05, 0.1) is 6.10 Å². The van der Waals surface area contributed by atoms with Crippen molar-refractivity contribution in [2.45, 2.75) is 32.5 Å². The highest BCUT2D eigenvalue weighted by atomic mass is 35.5. The van der Waals surface area contributed by atoms with Gasteiger partial charge in [-0.1, -0.05) is 24.6 Å². The standard InChI is InChI=1S/C16H17ClF3N3O/c1-4-10(2)24-14-13(16(18,19)20)9-21-15(22-14)23(3)12-7-5-6-11(17)8-12/h5-10H,4H2,1-3H3. The fourth-order valence-corrected chi connectivity index (χ4v) is 2.06. The molecule has 1 atom stereocenters. The molecule has 0 saturated carbocycles. The summed E-state index contributed by atoms with van der Waals surface area (Å²) in [7, 11) is 1.64. The van der Waals surface area contributed by atoms with E-state index in [9.17, 15) is 13.2 Å². The first-order chi connectivity index (χ1) is 11.2. The third-order valence-electron chi connectivity index (χ3n) is 3.43. The van der Waals surface area contributed by atoms with Crippen LogP contribution >= 0.6 is 11.6 Å². The minimum atomic E-state index is -4.59. The van der Waals surface area contributed by atoms with Crippen LogP contribution in [-0.4, -0.2) is 23.1 Å². The molecule has 1 aromatic carbocycles. The first kappa shape index (κ1) is 18.3. The van der Waals surface area contributed by atoms with Crippen molar-refractivity contribution in [3.05, 3.63) is 41.0 Å². The summed E-state index contributed by atoms with van der Waals surface area (Å²) in [6.45, 7) is 3.50. The highest BCUT2D eigenvalue weighted by molar-refractivity contribution is 6.30. The van der Waals surface area contributed by atoms with E-state index in [1.54, 1.807) is 38.2 Å². The van der Waals surface area contributed by atoms with Crippen LogP contribution in [0.1, 0.15) is 25.8 Å². The molecule has 0 amide bonds. The Hall–Kier alpha value is -2.02. The van der Waals surface area contributed by atoms with Crippen molar-refractivity contribution in [1.29, 1.82) is 0 Å². The van der Waals surface area contributed by atoms with Crippen LogP contribution in [0.4, 0.5) is 24.8 Å². The largest absolute Gasteiger partial charge is 0.474 e. The SMILES string of the molecule is CCC(C)Oc1nc(N(C)c2cccc(Cl)c2)ncc1C(F)(F)F. The van der Waals surface area contributed by atoms with E-state index in [1.807, 2.05) is 6.92 Å². The molecule has 0 N–H and O–H groups in total. The molecule has 2 rings (SSSR count). The molecule has 130 valence electrons. The lowest BCUT2D eigenvalue weighted by Crippen LogP contribution is -2.19. The number of benzene rings is 1. The Kier molecular flexibility index (Phi) is 5.54. The number of aromatic nitrogens is 2. The number of anilines is 2. The number of nitrogens with zero attached hydrogens (tertiary/aromatic N) is 3. The molecule has 0 aliphatic carbocycles. The zero-order valence-corrected chi connectivity index (χ0v) is 14.2. The second kappa shape index (κ2) is 7.25. The third kappa shape index (κ3) is 4.29. The zero-order chi connectivity index (χ0) is 17.9. The number of ether oxygens (including phenoxy) is 1. The van der Waals surface area contributed by atoms with Gasteiger partial charge in [-0.3, -0.25) is 0 Å². The molecule has 2 aromatic rings. The molecule has 0 bridgehead atoms. The lowest BCUT2D eigenvalue weighted by atomic mass is 10.3. The second-order valence-corrected chi connectivity index (χ2v) is 5.70. The maximum Gasteiger partial charge on any atom is 0.423 e. The number of hydrogen-bond donors (Lipinski definition) is 0. The van der Waals surface area contributed by atoms with Crippen molar-refractivity contribution < 1.29 is 17.9 Å².